The Morgan fingerprint density at radius 2 is 1.79 bits per heavy atom. The van der Waals surface area contributed by atoms with E-state index in [4.69, 9.17) is 0 Å². The van der Waals surface area contributed by atoms with Crippen LogP contribution in [0.3, 0.4) is 0 Å². The number of hydrogen-bond donors (Lipinski definition) is 1. The van der Waals surface area contributed by atoms with Gasteiger partial charge in [0.2, 0.25) is 11.8 Å². The molecule has 0 aromatic heterocycles. The second kappa shape index (κ2) is 8.83. The fourth-order valence-electron chi connectivity index (χ4n) is 2.73. The van der Waals surface area contributed by atoms with Crippen molar-refractivity contribution < 1.29 is 22.8 Å². The molecule has 0 aromatic carbocycles. The zero-order valence-corrected chi connectivity index (χ0v) is 14.9. The molecule has 4 nitrogen and oxygen atoms in total. The Labute approximate surface area is 142 Å². The zero-order valence-electron chi connectivity index (χ0n) is 14.9. The Morgan fingerprint density at radius 1 is 1.17 bits per heavy atom. The van der Waals surface area contributed by atoms with E-state index in [0.717, 1.165) is 0 Å². The molecule has 0 bridgehead atoms. The van der Waals surface area contributed by atoms with Gasteiger partial charge < -0.3 is 5.32 Å². The lowest BCUT2D eigenvalue weighted by molar-refractivity contribution is -0.159. The van der Waals surface area contributed by atoms with E-state index < -0.39 is 12.2 Å². The molecule has 7 heteroatoms. The molecule has 1 N–H and O–H groups in total. The highest BCUT2D eigenvalue weighted by Crippen LogP contribution is 2.26. The SMILES string of the molecule is CC1CC(=O)N(CCCCCC(NC(C)C(C)C)C(F)(F)F)C1=O. The quantitative estimate of drug-likeness (QED) is 0.511. The molecule has 0 spiro atoms. The van der Waals surface area contributed by atoms with Gasteiger partial charge in [0, 0.05) is 24.9 Å². The number of imide groups is 1. The van der Waals surface area contributed by atoms with Gasteiger partial charge in [-0.2, -0.15) is 13.2 Å². The molecule has 24 heavy (non-hydrogen) atoms. The Balaban J connectivity index is 2.35. The highest BCUT2D eigenvalue weighted by molar-refractivity contribution is 6.03. The maximum atomic E-state index is 13.1. The van der Waals surface area contributed by atoms with E-state index in [1.165, 1.54) is 4.90 Å². The minimum Gasteiger partial charge on any atom is -0.303 e. The third kappa shape index (κ3) is 6.07. The number of halogens is 3. The number of nitrogens with one attached hydrogen (secondary N) is 1. The monoisotopic (exact) mass is 350 g/mol. The van der Waals surface area contributed by atoms with E-state index in [2.05, 4.69) is 5.32 Å². The first-order chi connectivity index (χ1) is 11.0. The maximum Gasteiger partial charge on any atom is 0.403 e. The van der Waals surface area contributed by atoms with Crippen molar-refractivity contribution in [1.29, 1.82) is 0 Å². The number of rotatable bonds is 9. The Bertz CT molecular complexity index is 438. The Hall–Kier alpha value is -1.11. The molecule has 3 unspecified atom stereocenters. The van der Waals surface area contributed by atoms with Crippen molar-refractivity contribution in [2.24, 2.45) is 11.8 Å². The summed E-state index contributed by atoms with van der Waals surface area (Å²) in [6, 6.07) is -1.72. The third-order valence-corrected chi connectivity index (χ3v) is 4.70. The zero-order chi connectivity index (χ0) is 18.5. The first-order valence-electron chi connectivity index (χ1n) is 8.71. The molecule has 0 aromatic rings. The predicted molar refractivity (Wildman–Crippen MR) is 86.2 cm³/mol. The van der Waals surface area contributed by atoms with Gasteiger partial charge >= 0.3 is 6.18 Å². The van der Waals surface area contributed by atoms with Crippen LogP contribution in [-0.2, 0) is 9.59 Å². The van der Waals surface area contributed by atoms with E-state index >= 15 is 0 Å². The predicted octanol–water partition coefficient (Wildman–Crippen LogP) is 3.51. The fraction of sp³-hybridized carbons (Fsp3) is 0.882. The number of nitrogens with zero attached hydrogens (tertiary/aromatic N) is 1. The van der Waals surface area contributed by atoms with Crippen LogP contribution in [0.15, 0.2) is 0 Å². The van der Waals surface area contributed by atoms with Crippen molar-refractivity contribution in [1.82, 2.24) is 10.2 Å². The van der Waals surface area contributed by atoms with E-state index in [1.807, 2.05) is 13.8 Å². The van der Waals surface area contributed by atoms with E-state index in [9.17, 15) is 22.8 Å². The lowest BCUT2D eigenvalue weighted by Crippen LogP contribution is -2.48. The van der Waals surface area contributed by atoms with Crippen molar-refractivity contribution in [2.75, 3.05) is 6.54 Å². The number of likely N-dealkylation sites (tertiary alicyclic amines) is 1. The highest BCUT2D eigenvalue weighted by atomic mass is 19.4. The van der Waals surface area contributed by atoms with E-state index in [-0.39, 0.29) is 42.5 Å². The Kier molecular flexibility index (Phi) is 7.70. The van der Waals surface area contributed by atoms with Gasteiger partial charge in [0.15, 0.2) is 0 Å². The van der Waals surface area contributed by atoms with Crippen LogP contribution in [-0.4, -0.2) is 41.5 Å². The summed E-state index contributed by atoms with van der Waals surface area (Å²) in [5, 5.41) is 2.66. The van der Waals surface area contributed by atoms with Gasteiger partial charge in [-0.25, -0.2) is 0 Å². The molecule has 0 aliphatic carbocycles. The number of unbranched alkanes of at least 4 members (excludes halogenated alkanes) is 2. The first kappa shape index (κ1) is 20.9. The fourth-order valence-corrected chi connectivity index (χ4v) is 2.73. The number of alkyl halides is 3. The highest BCUT2D eigenvalue weighted by Gasteiger charge is 2.40. The normalized spacial score (nSPS) is 21.7. The van der Waals surface area contributed by atoms with Crippen LogP contribution < -0.4 is 5.32 Å². The first-order valence-corrected chi connectivity index (χ1v) is 8.71. The molecule has 140 valence electrons. The van der Waals surface area contributed by atoms with Crippen LogP contribution in [0.4, 0.5) is 13.2 Å². The Morgan fingerprint density at radius 3 is 2.25 bits per heavy atom. The number of hydrogen-bond acceptors (Lipinski definition) is 3. The summed E-state index contributed by atoms with van der Waals surface area (Å²) in [6.45, 7) is 7.56. The topological polar surface area (TPSA) is 49.4 Å². The van der Waals surface area contributed by atoms with Gasteiger partial charge in [-0.15, -0.1) is 0 Å². The molecule has 2 amide bonds. The van der Waals surface area contributed by atoms with Gasteiger partial charge in [-0.3, -0.25) is 14.5 Å². The molecule has 1 aliphatic heterocycles. The van der Waals surface area contributed by atoms with Gasteiger partial charge in [0.05, 0.1) is 0 Å². The number of amides is 2. The maximum absolute atomic E-state index is 13.1. The largest absolute Gasteiger partial charge is 0.403 e. The van der Waals surface area contributed by atoms with Crippen LogP contribution in [0.25, 0.3) is 0 Å². The molecule has 1 fully saturated rings. The molecule has 0 radical (unpaired) electrons. The van der Waals surface area contributed by atoms with Gasteiger partial charge in [0.25, 0.3) is 0 Å². The molecule has 1 aliphatic rings. The van der Waals surface area contributed by atoms with Crippen LogP contribution in [0, 0.1) is 11.8 Å². The minimum atomic E-state index is -4.26. The molecule has 1 heterocycles. The van der Waals surface area contributed by atoms with Gasteiger partial charge in [-0.05, 0) is 25.7 Å². The van der Waals surface area contributed by atoms with Crippen molar-refractivity contribution in [2.45, 2.75) is 78.1 Å². The second-order valence-electron chi connectivity index (χ2n) is 7.13. The van der Waals surface area contributed by atoms with Crippen LogP contribution in [0.5, 0.6) is 0 Å². The van der Waals surface area contributed by atoms with Gasteiger partial charge in [-0.1, -0.05) is 33.6 Å². The molecular formula is C17H29F3N2O2. The van der Waals surface area contributed by atoms with E-state index in [1.54, 1.807) is 13.8 Å². The summed E-state index contributed by atoms with van der Waals surface area (Å²) in [5.41, 5.74) is 0. The molecule has 3 atom stereocenters. The standard InChI is InChI=1S/C17H29F3N2O2/c1-11(2)13(4)21-14(17(18,19)20)8-6-5-7-9-22-15(23)10-12(3)16(22)24/h11-14,21H,5-10H2,1-4H3. The summed E-state index contributed by atoms with van der Waals surface area (Å²) < 4.78 is 39.3. The lowest BCUT2D eigenvalue weighted by Gasteiger charge is -2.27. The van der Waals surface area contributed by atoms with E-state index in [0.29, 0.717) is 25.8 Å². The molecule has 0 saturated carbocycles. The molecule has 1 rings (SSSR count). The van der Waals surface area contributed by atoms with Crippen molar-refractivity contribution in [3.63, 3.8) is 0 Å². The van der Waals surface area contributed by atoms with Gasteiger partial charge in [0.1, 0.15) is 6.04 Å². The summed E-state index contributed by atoms with van der Waals surface area (Å²) >= 11 is 0. The van der Waals surface area contributed by atoms with Crippen molar-refractivity contribution >= 4 is 11.8 Å². The lowest BCUT2D eigenvalue weighted by atomic mass is 10.0. The summed E-state index contributed by atoms with van der Waals surface area (Å²) in [5.74, 6) is -0.480. The third-order valence-electron chi connectivity index (χ3n) is 4.70. The smallest absolute Gasteiger partial charge is 0.303 e. The van der Waals surface area contributed by atoms with Crippen LogP contribution in [0.2, 0.25) is 0 Å². The van der Waals surface area contributed by atoms with Crippen LogP contribution in [0.1, 0.15) is 59.8 Å². The average molecular weight is 350 g/mol. The summed E-state index contributed by atoms with van der Waals surface area (Å²) in [4.78, 5) is 24.6. The minimum absolute atomic E-state index is 0.0128. The molecular weight excluding hydrogens is 321 g/mol. The van der Waals surface area contributed by atoms with Crippen LogP contribution >= 0.6 is 0 Å². The summed E-state index contributed by atoms with van der Waals surface area (Å²) in [6.07, 6.45) is -2.48. The van der Waals surface area contributed by atoms with Crippen molar-refractivity contribution in [3.8, 4) is 0 Å². The van der Waals surface area contributed by atoms with Crippen molar-refractivity contribution in [3.05, 3.63) is 0 Å². The number of carbonyl (C=O) groups is 2. The average Bonchev–Trinajstić information content (AvgIpc) is 2.70. The summed E-state index contributed by atoms with van der Waals surface area (Å²) in [7, 11) is 0. The number of carbonyl (C=O) groups excluding carboxylic acids is 2. The molecule has 1 saturated heterocycles. The second-order valence-corrected chi connectivity index (χ2v) is 7.13.